The number of benzene rings is 1. The third-order valence-corrected chi connectivity index (χ3v) is 3.38. The predicted octanol–water partition coefficient (Wildman–Crippen LogP) is 1.73. The van der Waals surface area contributed by atoms with Crippen LogP contribution >= 0.6 is 11.8 Å². The standard InChI is InChI=1S/C12H17N3S/c1-16-12-14-8-9-15(12)11-4-2-10(3-5-11)6-7-13/h2-5H,6-9,13H2,1H3. The average Bonchev–Trinajstić information content (AvgIpc) is 2.78. The first-order valence-corrected chi connectivity index (χ1v) is 6.72. The summed E-state index contributed by atoms with van der Waals surface area (Å²) in [4.78, 5) is 6.72. The van der Waals surface area contributed by atoms with Crippen LogP contribution in [0.5, 0.6) is 0 Å². The zero-order valence-electron chi connectivity index (χ0n) is 9.52. The van der Waals surface area contributed by atoms with Gasteiger partial charge in [-0.25, -0.2) is 0 Å². The maximum Gasteiger partial charge on any atom is 0.163 e. The minimum atomic E-state index is 0.709. The number of thioether (sulfide) groups is 1. The Morgan fingerprint density at radius 3 is 2.75 bits per heavy atom. The molecular formula is C12H17N3S. The van der Waals surface area contributed by atoms with Crippen molar-refractivity contribution < 1.29 is 0 Å². The van der Waals surface area contributed by atoms with E-state index in [1.165, 1.54) is 11.3 Å². The highest BCUT2D eigenvalue weighted by Gasteiger charge is 2.17. The summed E-state index contributed by atoms with van der Waals surface area (Å²) >= 11 is 1.71. The Kier molecular flexibility index (Phi) is 3.85. The number of aliphatic imine (C=N–C) groups is 1. The molecule has 0 saturated heterocycles. The monoisotopic (exact) mass is 235 g/mol. The molecule has 2 rings (SSSR count). The lowest BCUT2D eigenvalue weighted by atomic mass is 10.1. The molecule has 0 aliphatic carbocycles. The Bertz CT molecular complexity index is 372. The Morgan fingerprint density at radius 1 is 1.38 bits per heavy atom. The number of amidine groups is 1. The van der Waals surface area contributed by atoms with Crippen LogP contribution < -0.4 is 10.6 Å². The van der Waals surface area contributed by atoms with Gasteiger partial charge in [0, 0.05) is 12.2 Å². The molecule has 16 heavy (non-hydrogen) atoms. The average molecular weight is 235 g/mol. The molecule has 0 radical (unpaired) electrons. The fourth-order valence-electron chi connectivity index (χ4n) is 1.85. The van der Waals surface area contributed by atoms with E-state index >= 15 is 0 Å². The van der Waals surface area contributed by atoms with Gasteiger partial charge in [-0.3, -0.25) is 4.99 Å². The zero-order chi connectivity index (χ0) is 11.4. The third kappa shape index (κ3) is 2.39. The smallest absolute Gasteiger partial charge is 0.163 e. The van der Waals surface area contributed by atoms with E-state index in [1.807, 2.05) is 0 Å². The predicted molar refractivity (Wildman–Crippen MR) is 72.4 cm³/mol. The summed E-state index contributed by atoms with van der Waals surface area (Å²) in [6, 6.07) is 8.61. The molecule has 0 amide bonds. The SMILES string of the molecule is CSC1=NCCN1c1ccc(CCN)cc1. The van der Waals surface area contributed by atoms with Crippen molar-refractivity contribution in [3.8, 4) is 0 Å². The number of anilines is 1. The van der Waals surface area contributed by atoms with Crippen molar-refractivity contribution in [2.75, 3.05) is 30.8 Å². The molecular weight excluding hydrogens is 218 g/mol. The summed E-state index contributed by atoms with van der Waals surface area (Å²) in [6.07, 6.45) is 3.02. The van der Waals surface area contributed by atoms with Crippen LogP contribution in [-0.2, 0) is 6.42 Å². The molecule has 1 aliphatic rings. The van der Waals surface area contributed by atoms with Gasteiger partial charge in [-0.1, -0.05) is 23.9 Å². The third-order valence-electron chi connectivity index (χ3n) is 2.67. The minimum Gasteiger partial charge on any atom is -0.330 e. The van der Waals surface area contributed by atoms with Crippen LogP contribution in [0.1, 0.15) is 5.56 Å². The number of hydrogen-bond donors (Lipinski definition) is 1. The molecule has 0 fully saturated rings. The normalized spacial score (nSPS) is 15.4. The number of nitrogens with two attached hydrogens (primary N) is 1. The van der Waals surface area contributed by atoms with Crippen molar-refractivity contribution in [3.05, 3.63) is 29.8 Å². The van der Waals surface area contributed by atoms with E-state index in [9.17, 15) is 0 Å². The van der Waals surface area contributed by atoms with Gasteiger partial charge in [-0.15, -0.1) is 0 Å². The van der Waals surface area contributed by atoms with Crippen molar-refractivity contribution in [1.82, 2.24) is 0 Å². The van der Waals surface area contributed by atoms with Crippen LogP contribution in [-0.4, -0.2) is 31.1 Å². The van der Waals surface area contributed by atoms with Crippen molar-refractivity contribution in [2.24, 2.45) is 10.7 Å². The van der Waals surface area contributed by atoms with Crippen LogP contribution in [0.25, 0.3) is 0 Å². The first-order valence-electron chi connectivity index (χ1n) is 5.50. The van der Waals surface area contributed by atoms with E-state index < -0.39 is 0 Å². The maximum absolute atomic E-state index is 5.53. The summed E-state index contributed by atoms with van der Waals surface area (Å²) < 4.78 is 0. The highest BCUT2D eigenvalue weighted by molar-refractivity contribution is 8.13. The molecule has 1 aromatic rings. The van der Waals surface area contributed by atoms with Gasteiger partial charge in [0.05, 0.1) is 6.54 Å². The van der Waals surface area contributed by atoms with Crippen molar-refractivity contribution >= 4 is 22.6 Å². The summed E-state index contributed by atoms with van der Waals surface area (Å²) in [6.45, 7) is 2.60. The molecule has 1 aliphatic heterocycles. The number of hydrogen-bond acceptors (Lipinski definition) is 4. The summed E-state index contributed by atoms with van der Waals surface area (Å²) in [5.74, 6) is 0. The highest BCUT2D eigenvalue weighted by Crippen LogP contribution is 2.22. The first kappa shape index (κ1) is 11.5. The van der Waals surface area contributed by atoms with Crippen LogP contribution in [0.4, 0.5) is 5.69 Å². The van der Waals surface area contributed by atoms with Gasteiger partial charge in [0.2, 0.25) is 0 Å². The van der Waals surface area contributed by atoms with Gasteiger partial charge in [0.25, 0.3) is 0 Å². The molecule has 86 valence electrons. The molecule has 0 saturated carbocycles. The van der Waals surface area contributed by atoms with Gasteiger partial charge in [0.15, 0.2) is 5.17 Å². The van der Waals surface area contributed by atoms with E-state index in [4.69, 9.17) is 5.73 Å². The number of nitrogens with zero attached hydrogens (tertiary/aromatic N) is 2. The van der Waals surface area contributed by atoms with Crippen molar-refractivity contribution in [3.63, 3.8) is 0 Å². The molecule has 3 nitrogen and oxygen atoms in total. The van der Waals surface area contributed by atoms with Crippen LogP contribution in [0, 0.1) is 0 Å². The fraction of sp³-hybridized carbons (Fsp3) is 0.417. The van der Waals surface area contributed by atoms with E-state index in [-0.39, 0.29) is 0 Å². The summed E-state index contributed by atoms with van der Waals surface area (Å²) in [5.41, 5.74) is 8.06. The lowest BCUT2D eigenvalue weighted by Gasteiger charge is -2.19. The van der Waals surface area contributed by atoms with E-state index in [0.717, 1.165) is 24.7 Å². The quantitative estimate of drug-likeness (QED) is 0.867. The van der Waals surface area contributed by atoms with Crippen LogP contribution in [0.3, 0.4) is 0 Å². The van der Waals surface area contributed by atoms with Crippen molar-refractivity contribution in [1.29, 1.82) is 0 Å². The van der Waals surface area contributed by atoms with E-state index in [2.05, 4.69) is 40.4 Å². The molecule has 1 aromatic carbocycles. The highest BCUT2D eigenvalue weighted by atomic mass is 32.2. The van der Waals surface area contributed by atoms with Crippen LogP contribution in [0.2, 0.25) is 0 Å². The topological polar surface area (TPSA) is 41.6 Å². The second-order valence-corrected chi connectivity index (χ2v) is 4.50. The van der Waals surface area contributed by atoms with E-state index in [1.54, 1.807) is 11.8 Å². The zero-order valence-corrected chi connectivity index (χ0v) is 10.3. The molecule has 0 bridgehead atoms. The lowest BCUT2D eigenvalue weighted by molar-refractivity contribution is 0.966. The molecule has 0 unspecified atom stereocenters. The van der Waals surface area contributed by atoms with Gasteiger partial charge in [-0.05, 0) is 36.9 Å². The summed E-state index contributed by atoms with van der Waals surface area (Å²) in [7, 11) is 0. The largest absolute Gasteiger partial charge is 0.330 e. The van der Waals surface area contributed by atoms with Gasteiger partial charge in [0.1, 0.15) is 0 Å². The van der Waals surface area contributed by atoms with Crippen molar-refractivity contribution in [2.45, 2.75) is 6.42 Å². The maximum atomic E-state index is 5.53. The lowest BCUT2D eigenvalue weighted by Crippen LogP contribution is -2.24. The fourth-order valence-corrected chi connectivity index (χ4v) is 2.49. The molecule has 1 heterocycles. The van der Waals surface area contributed by atoms with E-state index in [0.29, 0.717) is 6.54 Å². The second kappa shape index (κ2) is 5.37. The van der Waals surface area contributed by atoms with Gasteiger partial charge < -0.3 is 10.6 Å². The second-order valence-electron chi connectivity index (χ2n) is 3.73. The number of rotatable bonds is 3. The van der Waals surface area contributed by atoms with Crippen LogP contribution in [0.15, 0.2) is 29.3 Å². The first-order chi connectivity index (χ1) is 7.85. The molecule has 4 heteroatoms. The molecule has 0 atom stereocenters. The summed E-state index contributed by atoms with van der Waals surface area (Å²) in [5, 5.41) is 1.12. The Morgan fingerprint density at radius 2 is 2.12 bits per heavy atom. The Hall–Kier alpha value is -1.00. The minimum absolute atomic E-state index is 0.709. The van der Waals surface area contributed by atoms with Gasteiger partial charge >= 0.3 is 0 Å². The molecule has 2 N–H and O–H groups in total. The molecule has 0 aromatic heterocycles. The van der Waals surface area contributed by atoms with Gasteiger partial charge in [-0.2, -0.15) is 0 Å². The Labute approximate surface area is 101 Å². The Balaban J connectivity index is 2.12. The molecule has 0 spiro atoms.